The quantitative estimate of drug-likeness (QED) is 0.745. The lowest BCUT2D eigenvalue weighted by Gasteiger charge is -2.06. The van der Waals surface area contributed by atoms with Crippen molar-refractivity contribution in [2.45, 2.75) is 12.5 Å². The van der Waals surface area contributed by atoms with Gasteiger partial charge in [0, 0.05) is 12.4 Å². The van der Waals surface area contributed by atoms with Crippen LogP contribution in [0.1, 0.15) is 17.5 Å². The fourth-order valence-corrected chi connectivity index (χ4v) is 1.88. The van der Waals surface area contributed by atoms with E-state index in [1.807, 2.05) is 0 Å². The first-order valence-corrected chi connectivity index (χ1v) is 6.36. The first-order valence-electron chi connectivity index (χ1n) is 6.36. The van der Waals surface area contributed by atoms with E-state index in [1.54, 1.807) is 42.9 Å². The first kappa shape index (κ1) is 13.2. The number of rotatable bonds is 4. The number of aromatic nitrogens is 4. The van der Waals surface area contributed by atoms with Crippen LogP contribution in [0.4, 0.5) is 0 Å². The molecule has 0 saturated heterocycles. The molecule has 7 heteroatoms. The van der Waals surface area contributed by atoms with Gasteiger partial charge in [-0.15, -0.1) is 0 Å². The molecule has 106 valence electrons. The zero-order chi connectivity index (χ0) is 14.7. The SMILES string of the molecule is NC(Cc1ccc(O)cc1)c1nc(-c2cnccn2)no1. The lowest BCUT2D eigenvalue weighted by Crippen LogP contribution is -2.13. The Morgan fingerprint density at radius 2 is 2.00 bits per heavy atom. The second-order valence-corrected chi connectivity index (χ2v) is 4.52. The minimum absolute atomic E-state index is 0.218. The predicted molar refractivity (Wildman–Crippen MR) is 74.1 cm³/mol. The Morgan fingerprint density at radius 1 is 1.19 bits per heavy atom. The zero-order valence-electron chi connectivity index (χ0n) is 11.0. The summed E-state index contributed by atoms with van der Waals surface area (Å²) in [7, 11) is 0. The number of phenolic OH excluding ortho intramolecular Hbond substituents is 1. The van der Waals surface area contributed by atoms with E-state index in [0.717, 1.165) is 5.56 Å². The van der Waals surface area contributed by atoms with Crippen LogP contribution in [-0.2, 0) is 6.42 Å². The number of hydrogen-bond donors (Lipinski definition) is 2. The highest BCUT2D eigenvalue weighted by Gasteiger charge is 2.16. The molecule has 2 aromatic heterocycles. The number of nitrogens with zero attached hydrogens (tertiary/aromatic N) is 4. The summed E-state index contributed by atoms with van der Waals surface area (Å²) in [5, 5.41) is 13.1. The number of nitrogens with two attached hydrogens (primary N) is 1. The molecule has 1 unspecified atom stereocenters. The van der Waals surface area contributed by atoms with Crippen LogP contribution in [0.25, 0.3) is 11.5 Å². The molecule has 2 heterocycles. The highest BCUT2D eigenvalue weighted by Crippen LogP contribution is 2.19. The number of phenols is 1. The van der Waals surface area contributed by atoms with Crippen molar-refractivity contribution in [2.24, 2.45) is 5.73 Å². The van der Waals surface area contributed by atoms with Crippen molar-refractivity contribution in [1.29, 1.82) is 0 Å². The van der Waals surface area contributed by atoms with Gasteiger partial charge in [-0.2, -0.15) is 4.98 Å². The molecular formula is C14H13N5O2. The van der Waals surface area contributed by atoms with E-state index in [0.29, 0.717) is 23.8 Å². The maximum Gasteiger partial charge on any atom is 0.244 e. The number of aromatic hydroxyl groups is 1. The highest BCUT2D eigenvalue weighted by molar-refractivity contribution is 5.45. The normalized spacial score (nSPS) is 12.2. The van der Waals surface area contributed by atoms with Gasteiger partial charge in [0.25, 0.3) is 0 Å². The van der Waals surface area contributed by atoms with E-state index in [4.69, 9.17) is 10.3 Å². The fourth-order valence-electron chi connectivity index (χ4n) is 1.88. The van der Waals surface area contributed by atoms with Gasteiger partial charge < -0.3 is 15.4 Å². The molecule has 0 aliphatic carbocycles. The standard InChI is InChI=1S/C14H13N5O2/c15-11(7-9-1-3-10(20)4-2-9)14-18-13(19-21-14)12-8-16-5-6-17-12/h1-6,8,11,20H,7,15H2. The summed E-state index contributed by atoms with van der Waals surface area (Å²) in [6.45, 7) is 0. The zero-order valence-corrected chi connectivity index (χ0v) is 11.0. The van der Waals surface area contributed by atoms with E-state index in [2.05, 4.69) is 20.1 Å². The number of hydrogen-bond acceptors (Lipinski definition) is 7. The summed E-state index contributed by atoms with van der Waals surface area (Å²) < 4.78 is 5.17. The summed E-state index contributed by atoms with van der Waals surface area (Å²) in [5.41, 5.74) is 7.57. The smallest absolute Gasteiger partial charge is 0.244 e. The largest absolute Gasteiger partial charge is 0.508 e. The summed E-state index contributed by atoms with van der Waals surface area (Å²) in [6.07, 6.45) is 5.21. The monoisotopic (exact) mass is 283 g/mol. The van der Waals surface area contributed by atoms with Crippen LogP contribution in [0.2, 0.25) is 0 Å². The van der Waals surface area contributed by atoms with E-state index < -0.39 is 6.04 Å². The van der Waals surface area contributed by atoms with Crippen LogP contribution in [-0.4, -0.2) is 25.2 Å². The van der Waals surface area contributed by atoms with Crippen molar-refractivity contribution >= 4 is 0 Å². The van der Waals surface area contributed by atoms with E-state index in [-0.39, 0.29) is 5.75 Å². The third kappa shape index (κ3) is 3.03. The van der Waals surface area contributed by atoms with Crippen molar-refractivity contribution in [2.75, 3.05) is 0 Å². The lowest BCUT2D eigenvalue weighted by atomic mass is 10.1. The summed E-state index contributed by atoms with van der Waals surface area (Å²) in [6, 6.07) is 6.40. The Bertz CT molecular complexity index is 712. The molecule has 0 fully saturated rings. The third-order valence-corrected chi connectivity index (χ3v) is 2.94. The van der Waals surface area contributed by atoms with E-state index >= 15 is 0 Å². The first-order chi connectivity index (χ1) is 10.2. The molecule has 0 saturated carbocycles. The summed E-state index contributed by atoms with van der Waals surface area (Å²) in [5.74, 6) is 0.915. The Hall–Kier alpha value is -2.80. The maximum atomic E-state index is 9.25. The Morgan fingerprint density at radius 3 is 2.71 bits per heavy atom. The second kappa shape index (κ2) is 5.68. The maximum absolute atomic E-state index is 9.25. The number of benzene rings is 1. The van der Waals surface area contributed by atoms with Gasteiger partial charge in [0.1, 0.15) is 11.4 Å². The van der Waals surface area contributed by atoms with Crippen molar-refractivity contribution in [3.05, 3.63) is 54.3 Å². The van der Waals surface area contributed by atoms with Crippen LogP contribution in [0.15, 0.2) is 47.4 Å². The fraction of sp³-hybridized carbons (Fsp3) is 0.143. The molecule has 3 aromatic rings. The van der Waals surface area contributed by atoms with Crippen LogP contribution >= 0.6 is 0 Å². The average molecular weight is 283 g/mol. The van der Waals surface area contributed by atoms with Gasteiger partial charge in [0.15, 0.2) is 0 Å². The van der Waals surface area contributed by atoms with Gasteiger partial charge in [0.05, 0.1) is 12.2 Å². The van der Waals surface area contributed by atoms with Gasteiger partial charge in [-0.3, -0.25) is 4.98 Å². The van der Waals surface area contributed by atoms with Crippen LogP contribution < -0.4 is 5.73 Å². The second-order valence-electron chi connectivity index (χ2n) is 4.52. The molecule has 7 nitrogen and oxygen atoms in total. The Labute approximate surface area is 120 Å². The average Bonchev–Trinajstić information content (AvgIpc) is 3.00. The molecule has 0 radical (unpaired) electrons. The minimum Gasteiger partial charge on any atom is -0.508 e. The highest BCUT2D eigenvalue weighted by atomic mass is 16.5. The van der Waals surface area contributed by atoms with Gasteiger partial charge in [-0.25, -0.2) is 4.98 Å². The molecule has 0 aliphatic rings. The molecule has 3 N–H and O–H groups in total. The molecule has 0 spiro atoms. The van der Waals surface area contributed by atoms with Gasteiger partial charge in [0.2, 0.25) is 11.7 Å². The van der Waals surface area contributed by atoms with Crippen LogP contribution in [0.3, 0.4) is 0 Å². The Kier molecular flexibility index (Phi) is 3.57. The van der Waals surface area contributed by atoms with Crippen molar-refractivity contribution in [3.8, 4) is 17.3 Å². The molecule has 0 amide bonds. The Balaban J connectivity index is 1.75. The molecular weight excluding hydrogens is 270 g/mol. The van der Waals surface area contributed by atoms with Crippen LogP contribution in [0.5, 0.6) is 5.75 Å². The molecule has 1 aromatic carbocycles. The van der Waals surface area contributed by atoms with Crippen LogP contribution in [0, 0.1) is 0 Å². The van der Waals surface area contributed by atoms with Gasteiger partial charge >= 0.3 is 0 Å². The third-order valence-electron chi connectivity index (χ3n) is 2.94. The summed E-state index contributed by atoms with van der Waals surface area (Å²) >= 11 is 0. The van der Waals surface area contributed by atoms with Gasteiger partial charge in [-0.05, 0) is 24.1 Å². The predicted octanol–water partition coefficient (Wildman–Crippen LogP) is 1.47. The van der Waals surface area contributed by atoms with Crippen molar-refractivity contribution in [1.82, 2.24) is 20.1 Å². The molecule has 0 aliphatic heterocycles. The topological polar surface area (TPSA) is 111 Å². The van der Waals surface area contributed by atoms with Gasteiger partial charge in [-0.1, -0.05) is 17.3 Å². The molecule has 1 atom stereocenters. The van der Waals surface area contributed by atoms with E-state index in [1.165, 1.54) is 0 Å². The lowest BCUT2D eigenvalue weighted by molar-refractivity contribution is 0.354. The molecule has 21 heavy (non-hydrogen) atoms. The molecule has 3 rings (SSSR count). The van der Waals surface area contributed by atoms with Crippen molar-refractivity contribution in [3.63, 3.8) is 0 Å². The summed E-state index contributed by atoms with van der Waals surface area (Å²) in [4.78, 5) is 12.3. The minimum atomic E-state index is -0.424. The molecule has 0 bridgehead atoms. The van der Waals surface area contributed by atoms with E-state index in [9.17, 15) is 5.11 Å². The van der Waals surface area contributed by atoms with Crippen molar-refractivity contribution < 1.29 is 9.63 Å².